The van der Waals surface area contributed by atoms with Crippen LogP contribution in [0.3, 0.4) is 0 Å². The van der Waals surface area contributed by atoms with E-state index in [1.165, 1.54) is 4.31 Å². The van der Waals surface area contributed by atoms with Crippen molar-refractivity contribution in [3.8, 4) is 0 Å². The molecule has 0 bridgehead atoms. The number of carbonyl (C=O) groups excluding carboxylic acids is 1. The standard InChI is InChI=1S/C21H36N4O3S/c1-5-23(6-2)15-16-25(12-9-21(26)24-13-10-22-11-14-24)29(27,28)20-17-18(3)7-8-19(20)4/h7-8,17,22H,5-6,9-16H2,1-4H3. The molecule has 1 aromatic carbocycles. The fourth-order valence-corrected chi connectivity index (χ4v) is 5.30. The number of likely N-dealkylation sites (N-methyl/N-ethyl adjacent to an activating group) is 1. The third-order valence-corrected chi connectivity index (χ3v) is 7.61. The smallest absolute Gasteiger partial charge is 0.243 e. The van der Waals surface area contributed by atoms with Gasteiger partial charge in [0.25, 0.3) is 0 Å². The molecule has 0 atom stereocenters. The van der Waals surface area contributed by atoms with Crippen molar-refractivity contribution >= 4 is 15.9 Å². The average molecular weight is 425 g/mol. The molecule has 2 rings (SSSR count). The Morgan fingerprint density at radius 1 is 1.07 bits per heavy atom. The van der Waals surface area contributed by atoms with Gasteiger partial charge in [-0.25, -0.2) is 8.42 Å². The summed E-state index contributed by atoms with van der Waals surface area (Å²) in [5, 5.41) is 3.23. The lowest BCUT2D eigenvalue weighted by Crippen LogP contribution is -2.47. The second-order valence-electron chi connectivity index (χ2n) is 7.58. The number of piperazine rings is 1. The van der Waals surface area contributed by atoms with Crippen LogP contribution in [0, 0.1) is 13.8 Å². The van der Waals surface area contributed by atoms with E-state index in [-0.39, 0.29) is 18.9 Å². The highest BCUT2D eigenvalue weighted by molar-refractivity contribution is 7.89. The van der Waals surface area contributed by atoms with Gasteiger partial charge in [0, 0.05) is 52.2 Å². The lowest BCUT2D eigenvalue weighted by atomic mass is 10.2. The molecule has 8 heteroatoms. The Morgan fingerprint density at radius 3 is 2.34 bits per heavy atom. The number of nitrogens with zero attached hydrogens (tertiary/aromatic N) is 3. The van der Waals surface area contributed by atoms with Crippen molar-refractivity contribution in [1.29, 1.82) is 0 Å². The van der Waals surface area contributed by atoms with Gasteiger partial charge in [-0.05, 0) is 44.1 Å². The number of benzene rings is 1. The molecule has 0 aromatic heterocycles. The third kappa shape index (κ3) is 6.50. The summed E-state index contributed by atoms with van der Waals surface area (Å²) in [4.78, 5) is 17.0. The van der Waals surface area contributed by atoms with Crippen LogP contribution in [0.4, 0.5) is 0 Å². The number of carbonyl (C=O) groups is 1. The first kappa shape index (κ1) is 23.8. The summed E-state index contributed by atoms with van der Waals surface area (Å²) in [6.45, 7) is 13.8. The first-order chi connectivity index (χ1) is 13.8. The first-order valence-electron chi connectivity index (χ1n) is 10.6. The van der Waals surface area contributed by atoms with Gasteiger partial charge >= 0.3 is 0 Å². The van der Waals surface area contributed by atoms with Crippen LogP contribution in [-0.2, 0) is 14.8 Å². The average Bonchev–Trinajstić information content (AvgIpc) is 2.72. The zero-order valence-electron chi connectivity index (χ0n) is 18.3. The van der Waals surface area contributed by atoms with Crippen LogP contribution < -0.4 is 5.32 Å². The molecule has 1 aromatic rings. The van der Waals surface area contributed by atoms with Crippen molar-refractivity contribution in [3.63, 3.8) is 0 Å². The monoisotopic (exact) mass is 424 g/mol. The molecule has 1 aliphatic rings. The van der Waals surface area contributed by atoms with Gasteiger partial charge in [-0.1, -0.05) is 26.0 Å². The fourth-order valence-electron chi connectivity index (χ4n) is 3.56. The summed E-state index contributed by atoms with van der Waals surface area (Å²) in [6, 6.07) is 5.49. The van der Waals surface area contributed by atoms with E-state index in [1.807, 2.05) is 30.9 Å². The van der Waals surface area contributed by atoms with Crippen molar-refractivity contribution in [3.05, 3.63) is 29.3 Å². The highest BCUT2D eigenvalue weighted by Crippen LogP contribution is 2.22. The molecule has 1 N–H and O–H groups in total. The van der Waals surface area contributed by atoms with Gasteiger partial charge in [0.15, 0.2) is 0 Å². The lowest BCUT2D eigenvalue weighted by molar-refractivity contribution is -0.131. The molecular formula is C21H36N4O3S. The molecule has 164 valence electrons. The van der Waals surface area contributed by atoms with Crippen molar-refractivity contribution < 1.29 is 13.2 Å². The fraction of sp³-hybridized carbons (Fsp3) is 0.667. The van der Waals surface area contributed by atoms with Crippen LogP contribution in [0.15, 0.2) is 23.1 Å². The number of amides is 1. The van der Waals surface area contributed by atoms with Crippen LogP contribution in [-0.4, -0.2) is 87.3 Å². The number of rotatable bonds is 10. The zero-order chi connectivity index (χ0) is 21.4. The Hall–Kier alpha value is -1.48. The molecule has 0 unspecified atom stereocenters. The van der Waals surface area contributed by atoms with Gasteiger partial charge in [0.05, 0.1) is 4.90 Å². The summed E-state index contributed by atoms with van der Waals surface area (Å²) < 4.78 is 28.4. The maximum Gasteiger partial charge on any atom is 0.243 e. The van der Waals surface area contributed by atoms with Crippen LogP contribution >= 0.6 is 0 Å². The topological polar surface area (TPSA) is 73.0 Å². The quantitative estimate of drug-likeness (QED) is 0.616. The van der Waals surface area contributed by atoms with Crippen molar-refractivity contribution in [1.82, 2.24) is 19.4 Å². The maximum atomic E-state index is 13.5. The van der Waals surface area contributed by atoms with E-state index in [2.05, 4.69) is 24.1 Å². The molecule has 0 spiro atoms. The molecule has 7 nitrogen and oxygen atoms in total. The van der Waals surface area contributed by atoms with Gasteiger partial charge < -0.3 is 15.1 Å². The minimum Gasteiger partial charge on any atom is -0.340 e. The molecule has 1 amide bonds. The number of nitrogens with one attached hydrogen (secondary N) is 1. The number of sulfonamides is 1. The number of aryl methyl sites for hydroxylation is 2. The van der Waals surface area contributed by atoms with Crippen LogP contribution in [0.1, 0.15) is 31.4 Å². The van der Waals surface area contributed by atoms with Crippen LogP contribution in [0.2, 0.25) is 0 Å². The van der Waals surface area contributed by atoms with Crippen LogP contribution in [0.25, 0.3) is 0 Å². The van der Waals surface area contributed by atoms with E-state index in [9.17, 15) is 13.2 Å². The third-order valence-electron chi connectivity index (χ3n) is 5.57. The lowest BCUT2D eigenvalue weighted by Gasteiger charge is -2.30. The minimum atomic E-state index is -3.67. The zero-order valence-corrected chi connectivity index (χ0v) is 19.1. The highest BCUT2D eigenvalue weighted by atomic mass is 32.2. The summed E-state index contributed by atoms with van der Waals surface area (Å²) in [7, 11) is -3.67. The second kappa shape index (κ2) is 11.1. The summed E-state index contributed by atoms with van der Waals surface area (Å²) in [6.07, 6.45) is 0.211. The van der Waals surface area contributed by atoms with E-state index in [0.717, 1.165) is 37.3 Å². The molecule has 0 aliphatic carbocycles. The van der Waals surface area contributed by atoms with E-state index < -0.39 is 10.0 Å². The summed E-state index contributed by atoms with van der Waals surface area (Å²) >= 11 is 0. The Labute approximate surface area is 176 Å². The van der Waals surface area contributed by atoms with Gasteiger partial charge in [-0.3, -0.25) is 4.79 Å². The Balaban J connectivity index is 2.18. The van der Waals surface area contributed by atoms with Gasteiger partial charge in [-0.2, -0.15) is 4.31 Å². The van der Waals surface area contributed by atoms with Gasteiger partial charge in [0.2, 0.25) is 15.9 Å². The molecule has 1 heterocycles. The minimum absolute atomic E-state index is 0.0236. The number of hydrogen-bond acceptors (Lipinski definition) is 5. The van der Waals surface area contributed by atoms with Gasteiger partial charge in [-0.15, -0.1) is 0 Å². The SMILES string of the molecule is CCN(CC)CCN(CCC(=O)N1CCNCC1)S(=O)(=O)c1cc(C)ccc1C. The molecule has 1 saturated heterocycles. The van der Waals surface area contributed by atoms with Crippen molar-refractivity contribution in [2.24, 2.45) is 0 Å². The maximum absolute atomic E-state index is 13.5. The Kier molecular flexibility index (Phi) is 9.07. The van der Waals surface area contributed by atoms with Crippen LogP contribution in [0.5, 0.6) is 0 Å². The molecule has 1 fully saturated rings. The Morgan fingerprint density at radius 2 is 1.72 bits per heavy atom. The van der Waals surface area contributed by atoms with Gasteiger partial charge in [0.1, 0.15) is 0 Å². The van der Waals surface area contributed by atoms with Crippen molar-refractivity contribution in [2.45, 2.75) is 39.0 Å². The van der Waals surface area contributed by atoms with E-state index >= 15 is 0 Å². The molecular weight excluding hydrogens is 388 g/mol. The first-order valence-corrected chi connectivity index (χ1v) is 12.0. The molecule has 0 saturated carbocycles. The summed E-state index contributed by atoms with van der Waals surface area (Å²) in [5.74, 6) is 0.0236. The highest BCUT2D eigenvalue weighted by Gasteiger charge is 2.28. The van der Waals surface area contributed by atoms with E-state index in [1.54, 1.807) is 6.07 Å². The Bertz CT molecular complexity index is 772. The molecule has 1 aliphatic heterocycles. The number of hydrogen-bond donors (Lipinski definition) is 1. The van der Waals surface area contributed by atoms with E-state index in [0.29, 0.717) is 31.1 Å². The van der Waals surface area contributed by atoms with E-state index in [4.69, 9.17) is 0 Å². The molecule has 29 heavy (non-hydrogen) atoms. The van der Waals surface area contributed by atoms with Crippen molar-refractivity contribution in [2.75, 3.05) is 58.9 Å². The largest absolute Gasteiger partial charge is 0.340 e. The predicted octanol–water partition coefficient (Wildman–Crippen LogP) is 1.46. The molecule has 0 radical (unpaired) electrons. The predicted molar refractivity (Wildman–Crippen MR) is 117 cm³/mol. The normalized spacial score (nSPS) is 15.3. The summed E-state index contributed by atoms with van der Waals surface area (Å²) in [5.41, 5.74) is 1.65. The second-order valence-corrected chi connectivity index (χ2v) is 9.49.